The summed E-state index contributed by atoms with van der Waals surface area (Å²) in [5.74, 6) is 0.0694. The van der Waals surface area contributed by atoms with Gasteiger partial charge < -0.3 is 9.47 Å². The zero-order valence-corrected chi connectivity index (χ0v) is 6.13. The molecule has 0 aliphatic carbocycles. The zero-order chi connectivity index (χ0) is 7.40. The third kappa shape index (κ3) is 1.78. The highest BCUT2D eigenvalue weighted by Crippen LogP contribution is 2.12. The fraction of sp³-hybridized carbons (Fsp3) is 0.857. The van der Waals surface area contributed by atoms with Gasteiger partial charge in [-0.15, -0.1) is 0 Å². The summed E-state index contributed by atoms with van der Waals surface area (Å²) in [6.45, 7) is 0.908. The lowest BCUT2D eigenvalue weighted by atomic mass is 10.2. The third-order valence-corrected chi connectivity index (χ3v) is 1.58. The van der Waals surface area contributed by atoms with Crippen LogP contribution in [-0.4, -0.2) is 32.2 Å². The quantitative estimate of drug-likeness (QED) is 0.574. The lowest BCUT2D eigenvalue weighted by Crippen LogP contribution is -2.23. The van der Waals surface area contributed by atoms with Crippen molar-refractivity contribution < 1.29 is 14.3 Å². The maximum absolute atomic E-state index is 11.0. The predicted octanol–water partition coefficient (Wildman–Crippen LogP) is 0.381. The summed E-state index contributed by atoms with van der Waals surface area (Å²) in [6.07, 6.45) is 1.68. The predicted molar refractivity (Wildman–Crippen MR) is 35.9 cm³/mol. The number of carbonyl (C=O) groups is 1. The molecule has 0 aromatic carbocycles. The zero-order valence-electron chi connectivity index (χ0n) is 6.13. The molecule has 3 heteroatoms. The van der Waals surface area contributed by atoms with Crippen LogP contribution in [0.4, 0.5) is 0 Å². The summed E-state index contributed by atoms with van der Waals surface area (Å²) in [5.41, 5.74) is 0. The number of hydrogen-bond donors (Lipinski definition) is 0. The van der Waals surface area contributed by atoms with Crippen LogP contribution >= 0.6 is 0 Å². The topological polar surface area (TPSA) is 35.5 Å². The van der Waals surface area contributed by atoms with Gasteiger partial charge >= 0.3 is 0 Å². The van der Waals surface area contributed by atoms with Gasteiger partial charge in [0.2, 0.25) is 0 Å². The van der Waals surface area contributed by atoms with E-state index >= 15 is 0 Å². The summed E-state index contributed by atoms with van der Waals surface area (Å²) in [4.78, 5) is 11.0. The van der Waals surface area contributed by atoms with E-state index in [-0.39, 0.29) is 18.5 Å². The van der Waals surface area contributed by atoms with Crippen LogP contribution in [-0.2, 0) is 14.3 Å². The Kier molecular flexibility index (Phi) is 2.83. The first-order valence-corrected chi connectivity index (χ1v) is 3.48. The Balaban J connectivity index is 2.25. The summed E-state index contributed by atoms with van der Waals surface area (Å²) < 4.78 is 9.82. The van der Waals surface area contributed by atoms with Gasteiger partial charge in [-0.05, 0) is 12.8 Å². The van der Waals surface area contributed by atoms with Crippen molar-refractivity contribution in [1.82, 2.24) is 0 Å². The van der Waals surface area contributed by atoms with Crippen molar-refractivity contribution in [2.75, 3.05) is 20.3 Å². The normalized spacial score (nSPS) is 25.1. The van der Waals surface area contributed by atoms with E-state index in [0.717, 1.165) is 19.4 Å². The maximum Gasteiger partial charge on any atom is 0.187 e. The second-order valence-electron chi connectivity index (χ2n) is 2.40. The van der Waals surface area contributed by atoms with Crippen LogP contribution in [0.25, 0.3) is 0 Å². The second-order valence-corrected chi connectivity index (χ2v) is 2.40. The summed E-state index contributed by atoms with van der Waals surface area (Å²) in [6, 6.07) is 0. The molecular weight excluding hydrogens is 132 g/mol. The molecule has 1 aliphatic rings. The van der Waals surface area contributed by atoms with Crippen molar-refractivity contribution in [1.29, 1.82) is 0 Å². The molecule has 1 atom stereocenters. The lowest BCUT2D eigenvalue weighted by molar-refractivity contribution is -0.131. The number of hydrogen-bond acceptors (Lipinski definition) is 3. The number of carbonyl (C=O) groups excluding carboxylic acids is 1. The van der Waals surface area contributed by atoms with Crippen LogP contribution in [0.3, 0.4) is 0 Å². The molecule has 1 heterocycles. The van der Waals surface area contributed by atoms with Gasteiger partial charge in [0.15, 0.2) is 5.78 Å². The number of Topliss-reactive ketones (excluding diaryl/α,β-unsaturated/α-hetero) is 1. The Morgan fingerprint density at radius 2 is 2.60 bits per heavy atom. The van der Waals surface area contributed by atoms with Gasteiger partial charge in [0.1, 0.15) is 12.7 Å². The molecule has 58 valence electrons. The van der Waals surface area contributed by atoms with Gasteiger partial charge in [-0.2, -0.15) is 0 Å². The fourth-order valence-corrected chi connectivity index (χ4v) is 1.07. The van der Waals surface area contributed by atoms with Crippen molar-refractivity contribution in [3.8, 4) is 0 Å². The highest BCUT2D eigenvalue weighted by Gasteiger charge is 2.22. The molecule has 0 aromatic heterocycles. The van der Waals surface area contributed by atoms with Gasteiger partial charge in [-0.1, -0.05) is 0 Å². The highest BCUT2D eigenvalue weighted by molar-refractivity contribution is 5.84. The highest BCUT2D eigenvalue weighted by atomic mass is 16.5. The average Bonchev–Trinajstić information content (AvgIpc) is 2.38. The summed E-state index contributed by atoms with van der Waals surface area (Å²) >= 11 is 0. The summed E-state index contributed by atoms with van der Waals surface area (Å²) in [5, 5.41) is 0. The van der Waals surface area contributed by atoms with Gasteiger partial charge in [-0.3, -0.25) is 4.79 Å². The molecule has 0 N–H and O–H groups in total. The smallest absolute Gasteiger partial charge is 0.187 e. The van der Waals surface area contributed by atoms with Crippen LogP contribution < -0.4 is 0 Å². The van der Waals surface area contributed by atoms with Gasteiger partial charge in [-0.25, -0.2) is 0 Å². The Morgan fingerprint density at radius 3 is 3.10 bits per heavy atom. The number of ketones is 1. The Hall–Kier alpha value is -0.410. The molecule has 3 nitrogen and oxygen atoms in total. The maximum atomic E-state index is 11.0. The molecule has 0 bridgehead atoms. The first kappa shape index (κ1) is 7.69. The Bertz CT molecular complexity index is 116. The molecular formula is C7H12O3. The summed E-state index contributed by atoms with van der Waals surface area (Å²) in [7, 11) is 1.52. The molecule has 1 rings (SSSR count). The minimum Gasteiger partial charge on any atom is -0.377 e. The van der Waals surface area contributed by atoms with Crippen molar-refractivity contribution in [2.24, 2.45) is 0 Å². The minimum absolute atomic E-state index is 0.0694. The molecule has 1 unspecified atom stereocenters. The van der Waals surface area contributed by atoms with E-state index in [1.807, 2.05) is 0 Å². The van der Waals surface area contributed by atoms with E-state index in [1.54, 1.807) is 0 Å². The van der Waals surface area contributed by atoms with Crippen LogP contribution in [0.2, 0.25) is 0 Å². The van der Waals surface area contributed by atoms with Crippen LogP contribution in [0, 0.1) is 0 Å². The minimum atomic E-state index is -0.181. The largest absolute Gasteiger partial charge is 0.377 e. The molecule has 0 radical (unpaired) electrons. The molecule has 1 aliphatic heterocycles. The van der Waals surface area contributed by atoms with Crippen molar-refractivity contribution in [3.63, 3.8) is 0 Å². The molecule has 1 saturated heterocycles. The van der Waals surface area contributed by atoms with E-state index in [1.165, 1.54) is 7.11 Å². The number of methoxy groups -OCH3 is 1. The third-order valence-electron chi connectivity index (χ3n) is 1.58. The van der Waals surface area contributed by atoms with Crippen molar-refractivity contribution >= 4 is 5.78 Å². The molecule has 0 amide bonds. The average molecular weight is 144 g/mol. The van der Waals surface area contributed by atoms with Gasteiger partial charge in [0.25, 0.3) is 0 Å². The number of rotatable bonds is 3. The SMILES string of the molecule is COCC(=O)C1CCCO1. The van der Waals surface area contributed by atoms with Crippen LogP contribution in [0.5, 0.6) is 0 Å². The van der Waals surface area contributed by atoms with Crippen molar-refractivity contribution in [2.45, 2.75) is 18.9 Å². The van der Waals surface area contributed by atoms with E-state index in [2.05, 4.69) is 4.74 Å². The van der Waals surface area contributed by atoms with Crippen molar-refractivity contribution in [3.05, 3.63) is 0 Å². The Labute approximate surface area is 60.3 Å². The molecule has 1 fully saturated rings. The van der Waals surface area contributed by atoms with Crippen LogP contribution in [0.1, 0.15) is 12.8 Å². The van der Waals surface area contributed by atoms with E-state index in [9.17, 15) is 4.79 Å². The molecule has 0 saturated carbocycles. The monoisotopic (exact) mass is 144 g/mol. The van der Waals surface area contributed by atoms with E-state index in [0.29, 0.717) is 0 Å². The first-order valence-electron chi connectivity index (χ1n) is 3.48. The van der Waals surface area contributed by atoms with E-state index < -0.39 is 0 Å². The van der Waals surface area contributed by atoms with Gasteiger partial charge in [0.05, 0.1) is 0 Å². The first-order chi connectivity index (χ1) is 4.84. The molecule has 10 heavy (non-hydrogen) atoms. The molecule has 0 spiro atoms. The standard InChI is InChI=1S/C7H12O3/c1-9-5-6(8)7-3-2-4-10-7/h7H,2-5H2,1H3. The van der Waals surface area contributed by atoms with E-state index in [4.69, 9.17) is 4.74 Å². The van der Waals surface area contributed by atoms with Crippen LogP contribution in [0.15, 0.2) is 0 Å². The second kappa shape index (κ2) is 3.68. The fourth-order valence-electron chi connectivity index (χ4n) is 1.07. The lowest BCUT2D eigenvalue weighted by Gasteiger charge is -2.05. The van der Waals surface area contributed by atoms with Gasteiger partial charge in [0, 0.05) is 13.7 Å². The Morgan fingerprint density at radius 1 is 1.80 bits per heavy atom. The molecule has 0 aromatic rings. The number of ether oxygens (including phenoxy) is 2.